The Labute approximate surface area is 141 Å². The summed E-state index contributed by atoms with van der Waals surface area (Å²) in [5, 5.41) is 59.5. The van der Waals surface area contributed by atoms with Crippen LogP contribution in [0, 0.1) is 5.92 Å². The average Bonchev–Trinajstić information content (AvgIpc) is 2.49. The minimum atomic E-state index is -1.52. The fourth-order valence-corrected chi connectivity index (χ4v) is 3.47. The summed E-state index contributed by atoms with van der Waals surface area (Å²) in [5.74, 6) is -0.0843. The van der Waals surface area contributed by atoms with Crippen LogP contribution in [0.15, 0.2) is 0 Å². The van der Waals surface area contributed by atoms with E-state index < -0.39 is 54.6 Å². The first-order valence-electron chi connectivity index (χ1n) is 8.38. The summed E-state index contributed by atoms with van der Waals surface area (Å²) >= 11 is 0. The molecule has 1 unspecified atom stereocenters. The Morgan fingerprint density at radius 3 is 2.25 bits per heavy atom. The highest BCUT2D eigenvalue weighted by atomic mass is 16.7. The summed E-state index contributed by atoms with van der Waals surface area (Å²) < 4.78 is 11.1. The van der Waals surface area contributed by atoms with Gasteiger partial charge < -0.3 is 40.1 Å². The van der Waals surface area contributed by atoms with E-state index in [-0.39, 0.29) is 5.92 Å². The van der Waals surface area contributed by atoms with Gasteiger partial charge in [-0.3, -0.25) is 0 Å². The van der Waals surface area contributed by atoms with Crippen molar-refractivity contribution in [2.24, 2.45) is 5.92 Å². The average molecular weight is 350 g/mol. The van der Waals surface area contributed by atoms with Crippen molar-refractivity contribution >= 4 is 0 Å². The molecule has 24 heavy (non-hydrogen) atoms. The van der Waals surface area contributed by atoms with Crippen LogP contribution in [-0.4, -0.2) is 85.3 Å². The zero-order chi connectivity index (χ0) is 18.3. The molecule has 8 atom stereocenters. The van der Waals surface area contributed by atoms with Gasteiger partial charge >= 0.3 is 0 Å². The zero-order valence-electron chi connectivity index (χ0n) is 14.4. The molecule has 1 saturated carbocycles. The molecule has 1 aliphatic carbocycles. The largest absolute Gasteiger partial charge is 0.394 e. The lowest BCUT2D eigenvalue weighted by molar-refractivity contribution is -0.338. The van der Waals surface area contributed by atoms with E-state index in [4.69, 9.17) is 9.47 Å². The summed E-state index contributed by atoms with van der Waals surface area (Å²) in [7, 11) is 0. The Kier molecular flexibility index (Phi) is 5.94. The van der Waals surface area contributed by atoms with Gasteiger partial charge in [-0.25, -0.2) is 0 Å². The Balaban J connectivity index is 2.06. The predicted molar refractivity (Wildman–Crippen MR) is 82.9 cm³/mol. The number of ether oxygens (including phenoxy) is 2. The van der Waals surface area contributed by atoms with Gasteiger partial charge in [0.2, 0.25) is 0 Å². The molecule has 0 radical (unpaired) electrons. The highest BCUT2D eigenvalue weighted by molar-refractivity contribution is 4.97. The highest BCUT2D eigenvalue weighted by Gasteiger charge is 2.50. The molecule has 2 fully saturated rings. The standard InChI is InChI=1S/C16H30O8/c1-15(2,22)8-4-5-16(3,10(18)6-8)24-14-13(21)12(20)11(19)9(7-17)23-14/h8-14,17-22H,4-7H2,1-3H3/t8-,9-,10+,11-,12+,13-,14?,16+/m0/s1. The molecule has 0 bridgehead atoms. The quantitative estimate of drug-likeness (QED) is 0.360. The maximum absolute atomic E-state index is 10.5. The van der Waals surface area contributed by atoms with Crippen molar-refractivity contribution in [2.45, 2.75) is 88.0 Å². The summed E-state index contributed by atoms with van der Waals surface area (Å²) in [6.45, 7) is 4.54. The molecule has 0 spiro atoms. The van der Waals surface area contributed by atoms with Crippen LogP contribution in [0.3, 0.4) is 0 Å². The normalized spacial score (nSPS) is 47.6. The molecule has 1 aliphatic heterocycles. The fraction of sp³-hybridized carbons (Fsp3) is 1.00. The van der Waals surface area contributed by atoms with Gasteiger partial charge in [-0.2, -0.15) is 0 Å². The minimum Gasteiger partial charge on any atom is -0.394 e. The van der Waals surface area contributed by atoms with Gasteiger partial charge in [-0.15, -0.1) is 0 Å². The molecule has 8 nitrogen and oxygen atoms in total. The van der Waals surface area contributed by atoms with Crippen LogP contribution in [0.25, 0.3) is 0 Å². The Morgan fingerprint density at radius 2 is 1.75 bits per heavy atom. The number of hydrogen-bond acceptors (Lipinski definition) is 8. The van der Waals surface area contributed by atoms with E-state index in [9.17, 15) is 30.6 Å². The minimum absolute atomic E-state index is 0.0843. The fourth-order valence-electron chi connectivity index (χ4n) is 3.47. The second-order valence-electron chi connectivity index (χ2n) is 7.77. The van der Waals surface area contributed by atoms with Crippen molar-refractivity contribution < 1.29 is 40.1 Å². The van der Waals surface area contributed by atoms with Crippen molar-refractivity contribution in [1.29, 1.82) is 0 Å². The summed E-state index contributed by atoms with van der Waals surface area (Å²) in [6.07, 6.45) is -6.32. The van der Waals surface area contributed by atoms with Crippen LogP contribution in [0.4, 0.5) is 0 Å². The van der Waals surface area contributed by atoms with Crippen LogP contribution in [-0.2, 0) is 9.47 Å². The van der Waals surface area contributed by atoms with Gasteiger partial charge in [0.05, 0.1) is 23.9 Å². The van der Waals surface area contributed by atoms with E-state index in [0.717, 1.165) is 0 Å². The number of aliphatic hydroxyl groups excluding tert-OH is 5. The molecular weight excluding hydrogens is 320 g/mol. The van der Waals surface area contributed by atoms with Crippen molar-refractivity contribution in [3.8, 4) is 0 Å². The van der Waals surface area contributed by atoms with Crippen LogP contribution in [0.1, 0.15) is 40.0 Å². The van der Waals surface area contributed by atoms with Crippen molar-refractivity contribution in [2.75, 3.05) is 6.61 Å². The molecular formula is C16H30O8. The lowest BCUT2D eigenvalue weighted by Gasteiger charge is -2.48. The van der Waals surface area contributed by atoms with Crippen LogP contribution >= 0.6 is 0 Å². The summed E-state index contributed by atoms with van der Waals surface area (Å²) in [6, 6.07) is 0. The second kappa shape index (κ2) is 7.13. The van der Waals surface area contributed by atoms with Crippen LogP contribution in [0.2, 0.25) is 0 Å². The second-order valence-corrected chi connectivity index (χ2v) is 7.77. The smallest absolute Gasteiger partial charge is 0.187 e. The van der Waals surface area contributed by atoms with Crippen molar-refractivity contribution in [1.82, 2.24) is 0 Å². The van der Waals surface area contributed by atoms with Gasteiger partial charge in [0.15, 0.2) is 6.29 Å². The van der Waals surface area contributed by atoms with E-state index in [1.165, 1.54) is 0 Å². The Morgan fingerprint density at radius 1 is 1.12 bits per heavy atom. The summed E-state index contributed by atoms with van der Waals surface area (Å²) in [5.41, 5.74) is -1.94. The molecule has 2 aliphatic rings. The SMILES string of the molecule is CC(C)(O)[C@H]1CC[C@@](C)(OC2O[C@@H](CO)[C@H](O)[C@@H](O)[C@@H]2O)[C@H](O)C1. The van der Waals surface area contributed by atoms with Gasteiger partial charge in [-0.05, 0) is 46.0 Å². The maximum Gasteiger partial charge on any atom is 0.187 e. The van der Waals surface area contributed by atoms with E-state index in [1.807, 2.05) is 0 Å². The Bertz CT molecular complexity index is 423. The molecule has 6 N–H and O–H groups in total. The first-order chi connectivity index (χ1) is 11.0. The zero-order valence-corrected chi connectivity index (χ0v) is 14.4. The van der Waals surface area contributed by atoms with E-state index >= 15 is 0 Å². The van der Waals surface area contributed by atoms with Crippen molar-refractivity contribution in [3.05, 3.63) is 0 Å². The van der Waals surface area contributed by atoms with Gasteiger partial charge in [-0.1, -0.05) is 0 Å². The molecule has 1 saturated heterocycles. The van der Waals surface area contributed by atoms with Crippen molar-refractivity contribution in [3.63, 3.8) is 0 Å². The Hall–Kier alpha value is -0.320. The molecule has 0 aromatic heterocycles. The molecule has 2 rings (SSSR count). The van der Waals surface area contributed by atoms with E-state index in [0.29, 0.717) is 19.3 Å². The predicted octanol–water partition coefficient (Wildman–Crippen LogP) is -1.51. The molecule has 0 amide bonds. The van der Waals surface area contributed by atoms with E-state index in [2.05, 4.69) is 0 Å². The third-order valence-electron chi connectivity index (χ3n) is 5.43. The summed E-state index contributed by atoms with van der Waals surface area (Å²) in [4.78, 5) is 0. The molecule has 142 valence electrons. The van der Waals surface area contributed by atoms with Gasteiger partial charge in [0.25, 0.3) is 0 Å². The first-order valence-corrected chi connectivity index (χ1v) is 8.38. The maximum atomic E-state index is 10.5. The molecule has 8 heteroatoms. The third-order valence-corrected chi connectivity index (χ3v) is 5.43. The molecule has 1 heterocycles. The lowest BCUT2D eigenvalue weighted by Crippen LogP contribution is -2.62. The first kappa shape index (κ1) is 20.0. The number of aliphatic hydroxyl groups is 6. The number of hydrogen-bond donors (Lipinski definition) is 6. The topological polar surface area (TPSA) is 140 Å². The third kappa shape index (κ3) is 3.91. The van der Waals surface area contributed by atoms with Crippen LogP contribution < -0.4 is 0 Å². The van der Waals surface area contributed by atoms with Gasteiger partial charge in [0, 0.05) is 0 Å². The molecule has 0 aromatic rings. The lowest BCUT2D eigenvalue weighted by atomic mass is 9.71. The highest BCUT2D eigenvalue weighted by Crippen LogP contribution is 2.41. The van der Waals surface area contributed by atoms with Crippen LogP contribution in [0.5, 0.6) is 0 Å². The van der Waals surface area contributed by atoms with E-state index in [1.54, 1.807) is 20.8 Å². The molecule has 0 aromatic carbocycles. The number of rotatable bonds is 4. The van der Waals surface area contributed by atoms with Gasteiger partial charge in [0.1, 0.15) is 24.4 Å². The monoisotopic (exact) mass is 350 g/mol.